The van der Waals surface area contributed by atoms with E-state index in [2.05, 4.69) is 11.0 Å². The summed E-state index contributed by atoms with van der Waals surface area (Å²) in [5.41, 5.74) is 2.79. The Labute approximate surface area is 147 Å². The van der Waals surface area contributed by atoms with Crippen LogP contribution in [0.5, 0.6) is 5.75 Å². The molecule has 4 nitrogen and oxygen atoms in total. The van der Waals surface area contributed by atoms with E-state index in [0.29, 0.717) is 18.7 Å². The molecule has 1 aliphatic rings. The van der Waals surface area contributed by atoms with E-state index in [1.807, 2.05) is 48.2 Å². The van der Waals surface area contributed by atoms with Gasteiger partial charge in [-0.05, 0) is 48.9 Å². The number of anilines is 1. The number of hydrogen-bond acceptors (Lipinski definition) is 3. The number of aryl methyl sites for hydroxylation is 1. The summed E-state index contributed by atoms with van der Waals surface area (Å²) in [4.78, 5) is 16.9. The van der Waals surface area contributed by atoms with E-state index in [1.54, 1.807) is 7.11 Å². The van der Waals surface area contributed by atoms with Crippen molar-refractivity contribution >= 4 is 23.2 Å². The van der Waals surface area contributed by atoms with Gasteiger partial charge in [0.15, 0.2) is 0 Å². The molecule has 1 saturated heterocycles. The summed E-state index contributed by atoms with van der Waals surface area (Å²) in [6, 6.07) is 13.4. The largest absolute Gasteiger partial charge is 0.496 e. The topological polar surface area (TPSA) is 32.8 Å². The number of hydrogen-bond donors (Lipinski definition) is 0. The van der Waals surface area contributed by atoms with Crippen molar-refractivity contribution in [1.82, 2.24) is 4.90 Å². The van der Waals surface area contributed by atoms with Crippen LogP contribution < -0.4 is 9.64 Å². The Morgan fingerprint density at radius 3 is 2.46 bits per heavy atom. The van der Waals surface area contributed by atoms with Gasteiger partial charge < -0.3 is 14.5 Å². The normalized spacial score (nSPS) is 14.6. The molecule has 0 atom stereocenters. The zero-order valence-corrected chi connectivity index (χ0v) is 14.7. The number of benzene rings is 2. The van der Waals surface area contributed by atoms with Crippen LogP contribution in [0.1, 0.15) is 15.9 Å². The SMILES string of the molecule is COc1ccc(C(=O)N2CCN(c3cccc(Cl)c3)CC2)cc1C. The van der Waals surface area contributed by atoms with Crippen molar-refractivity contribution in [2.45, 2.75) is 6.92 Å². The Balaban J connectivity index is 1.66. The molecule has 0 bridgehead atoms. The van der Waals surface area contributed by atoms with Gasteiger partial charge >= 0.3 is 0 Å². The van der Waals surface area contributed by atoms with E-state index in [9.17, 15) is 4.79 Å². The van der Waals surface area contributed by atoms with Gasteiger partial charge in [-0.3, -0.25) is 4.79 Å². The first-order chi connectivity index (χ1) is 11.6. The predicted octanol–water partition coefficient (Wildman–Crippen LogP) is 3.62. The van der Waals surface area contributed by atoms with Gasteiger partial charge in [-0.25, -0.2) is 0 Å². The summed E-state index contributed by atoms with van der Waals surface area (Å²) < 4.78 is 5.26. The van der Waals surface area contributed by atoms with Gasteiger partial charge in [0.2, 0.25) is 0 Å². The van der Waals surface area contributed by atoms with Gasteiger partial charge in [0.1, 0.15) is 5.75 Å². The first kappa shape index (κ1) is 16.7. The van der Waals surface area contributed by atoms with Crippen molar-refractivity contribution in [3.8, 4) is 5.75 Å². The molecule has 3 rings (SSSR count). The van der Waals surface area contributed by atoms with E-state index in [4.69, 9.17) is 16.3 Å². The lowest BCUT2D eigenvalue weighted by atomic mass is 10.1. The number of carbonyl (C=O) groups excluding carboxylic acids is 1. The number of amides is 1. The first-order valence-corrected chi connectivity index (χ1v) is 8.40. The molecule has 0 aliphatic carbocycles. The summed E-state index contributed by atoms with van der Waals surface area (Å²) in [7, 11) is 1.64. The number of nitrogens with zero attached hydrogens (tertiary/aromatic N) is 2. The molecule has 1 fully saturated rings. The minimum absolute atomic E-state index is 0.0755. The Morgan fingerprint density at radius 1 is 1.08 bits per heavy atom. The van der Waals surface area contributed by atoms with Crippen LogP contribution in [-0.2, 0) is 0 Å². The number of carbonyl (C=O) groups is 1. The Bertz CT molecular complexity index is 740. The van der Waals surface area contributed by atoms with E-state index in [0.717, 1.165) is 35.1 Å². The number of ether oxygens (including phenoxy) is 1. The van der Waals surface area contributed by atoms with E-state index < -0.39 is 0 Å². The second-order valence-electron chi connectivity index (χ2n) is 5.94. The molecule has 1 heterocycles. The number of rotatable bonds is 3. The average molecular weight is 345 g/mol. The summed E-state index contributed by atoms with van der Waals surface area (Å²) in [6.45, 7) is 4.97. The fourth-order valence-electron chi connectivity index (χ4n) is 3.03. The Morgan fingerprint density at radius 2 is 1.83 bits per heavy atom. The third kappa shape index (κ3) is 3.49. The molecule has 0 aromatic heterocycles. The highest BCUT2D eigenvalue weighted by Crippen LogP contribution is 2.23. The first-order valence-electron chi connectivity index (χ1n) is 8.03. The predicted molar refractivity (Wildman–Crippen MR) is 97.3 cm³/mol. The van der Waals surface area contributed by atoms with Crippen molar-refractivity contribution in [2.24, 2.45) is 0 Å². The van der Waals surface area contributed by atoms with Crippen LogP contribution in [0.2, 0.25) is 5.02 Å². The maximum atomic E-state index is 12.7. The average Bonchev–Trinajstić information content (AvgIpc) is 2.61. The van der Waals surface area contributed by atoms with Crippen molar-refractivity contribution in [3.63, 3.8) is 0 Å². The smallest absolute Gasteiger partial charge is 0.253 e. The molecule has 0 spiro atoms. The molecule has 0 N–H and O–H groups in total. The summed E-state index contributed by atoms with van der Waals surface area (Å²) in [6.07, 6.45) is 0. The second-order valence-corrected chi connectivity index (χ2v) is 6.38. The van der Waals surface area contributed by atoms with E-state index in [1.165, 1.54) is 0 Å². The van der Waals surface area contributed by atoms with Crippen molar-refractivity contribution in [1.29, 1.82) is 0 Å². The highest BCUT2D eigenvalue weighted by molar-refractivity contribution is 6.30. The minimum Gasteiger partial charge on any atom is -0.496 e. The van der Waals surface area contributed by atoms with Crippen LogP contribution in [0, 0.1) is 6.92 Å². The van der Waals surface area contributed by atoms with Gasteiger partial charge in [-0.1, -0.05) is 17.7 Å². The number of methoxy groups -OCH3 is 1. The maximum Gasteiger partial charge on any atom is 0.253 e. The highest BCUT2D eigenvalue weighted by atomic mass is 35.5. The molecule has 5 heteroatoms. The summed E-state index contributed by atoms with van der Waals surface area (Å²) in [5, 5.41) is 0.736. The van der Waals surface area contributed by atoms with Gasteiger partial charge in [0, 0.05) is 42.5 Å². The maximum absolute atomic E-state index is 12.7. The lowest BCUT2D eigenvalue weighted by molar-refractivity contribution is 0.0746. The zero-order valence-electron chi connectivity index (χ0n) is 14.0. The summed E-state index contributed by atoms with van der Waals surface area (Å²) >= 11 is 6.06. The molecule has 2 aromatic carbocycles. The standard InChI is InChI=1S/C19H21ClN2O2/c1-14-12-15(6-7-18(14)24-2)19(23)22-10-8-21(9-11-22)17-5-3-4-16(20)13-17/h3-7,12-13H,8-11H2,1-2H3. The fourth-order valence-corrected chi connectivity index (χ4v) is 3.22. The molecule has 2 aromatic rings. The number of halogens is 1. The van der Waals surface area contributed by atoms with Crippen LogP contribution in [0.25, 0.3) is 0 Å². The molecular weight excluding hydrogens is 324 g/mol. The van der Waals surface area contributed by atoms with Crippen molar-refractivity contribution < 1.29 is 9.53 Å². The lowest BCUT2D eigenvalue weighted by Gasteiger charge is -2.36. The molecule has 1 aliphatic heterocycles. The van der Waals surface area contributed by atoms with E-state index in [-0.39, 0.29) is 5.91 Å². The second kappa shape index (κ2) is 7.14. The van der Waals surface area contributed by atoms with Crippen molar-refractivity contribution in [2.75, 3.05) is 38.2 Å². The molecule has 126 valence electrons. The van der Waals surface area contributed by atoms with Crippen LogP contribution >= 0.6 is 11.6 Å². The van der Waals surface area contributed by atoms with Crippen LogP contribution in [0.15, 0.2) is 42.5 Å². The number of piperazine rings is 1. The molecule has 0 unspecified atom stereocenters. The lowest BCUT2D eigenvalue weighted by Crippen LogP contribution is -2.48. The molecular formula is C19H21ClN2O2. The quantitative estimate of drug-likeness (QED) is 0.852. The van der Waals surface area contributed by atoms with Gasteiger partial charge in [-0.2, -0.15) is 0 Å². The van der Waals surface area contributed by atoms with Gasteiger partial charge in [-0.15, -0.1) is 0 Å². The Kier molecular flexibility index (Phi) is 4.95. The third-order valence-electron chi connectivity index (χ3n) is 4.38. The molecule has 0 radical (unpaired) electrons. The van der Waals surface area contributed by atoms with E-state index >= 15 is 0 Å². The Hall–Kier alpha value is -2.20. The van der Waals surface area contributed by atoms with Gasteiger partial charge in [0.25, 0.3) is 5.91 Å². The highest BCUT2D eigenvalue weighted by Gasteiger charge is 2.22. The van der Waals surface area contributed by atoms with Crippen LogP contribution in [-0.4, -0.2) is 44.1 Å². The minimum atomic E-state index is 0.0755. The van der Waals surface area contributed by atoms with Crippen molar-refractivity contribution in [3.05, 3.63) is 58.6 Å². The monoisotopic (exact) mass is 344 g/mol. The molecule has 1 amide bonds. The van der Waals surface area contributed by atoms with Gasteiger partial charge in [0.05, 0.1) is 7.11 Å². The molecule has 24 heavy (non-hydrogen) atoms. The summed E-state index contributed by atoms with van der Waals surface area (Å²) in [5.74, 6) is 0.879. The zero-order chi connectivity index (χ0) is 17.1. The molecule has 0 saturated carbocycles. The van der Waals surface area contributed by atoms with Crippen LogP contribution in [0.4, 0.5) is 5.69 Å². The third-order valence-corrected chi connectivity index (χ3v) is 4.62. The van der Waals surface area contributed by atoms with Crippen LogP contribution in [0.3, 0.4) is 0 Å². The fraction of sp³-hybridized carbons (Fsp3) is 0.316.